The molecular weight excluding hydrogens is 340 g/mol. The van der Waals surface area contributed by atoms with Crippen molar-refractivity contribution in [2.75, 3.05) is 7.11 Å². The normalized spacial score (nSPS) is 11.2. The van der Waals surface area contributed by atoms with Gasteiger partial charge in [0, 0.05) is 13.2 Å². The summed E-state index contributed by atoms with van der Waals surface area (Å²) in [4.78, 5) is 8.85. The predicted molar refractivity (Wildman–Crippen MR) is 94.6 cm³/mol. The van der Waals surface area contributed by atoms with Crippen LogP contribution >= 0.6 is 11.6 Å². The third-order valence-corrected chi connectivity index (χ3v) is 4.08. The van der Waals surface area contributed by atoms with E-state index in [0.717, 1.165) is 11.3 Å². The van der Waals surface area contributed by atoms with Crippen LogP contribution in [0.25, 0.3) is 22.6 Å². The Kier molecular flexibility index (Phi) is 3.85. The summed E-state index contributed by atoms with van der Waals surface area (Å²) in [5.41, 5.74) is 3.04. The van der Waals surface area contributed by atoms with Crippen LogP contribution in [0.1, 0.15) is 5.56 Å². The molecule has 0 bridgehead atoms. The summed E-state index contributed by atoms with van der Waals surface area (Å²) in [6.07, 6.45) is 3.70. The van der Waals surface area contributed by atoms with Crippen molar-refractivity contribution >= 4 is 22.6 Å². The van der Waals surface area contributed by atoms with Crippen LogP contribution in [-0.2, 0) is 13.6 Å². The Bertz CT molecular complexity index is 1040. The third kappa shape index (κ3) is 3.06. The lowest BCUT2D eigenvalue weighted by molar-refractivity contribution is 0.414. The number of ether oxygens (including phenoxy) is 1. The van der Waals surface area contributed by atoms with Gasteiger partial charge >= 0.3 is 0 Å². The van der Waals surface area contributed by atoms with Crippen molar-refractivity contribution in [1.29, 1.82) is 0 Å². The molecule has 1 aromatic carbocycles. The predicted octanol–water partition coefficient (Wildman–Crippen LogP) is 2.94. The van der Waals surface area contributed by atoms with Crippen molar-refractivity contribution in [1.82, 2.24) is 29.5 Å². The van der Waals surface area contributed by atoms with Crippen LogP contribution in [0.15, 0.2) is 42.7 Å². The highest BCUT2D eigenvalue weighted by molar-refractivity contribution is 6.33. The number of aromatic nitrogens is 6. The lowest BCUT2D eigenvalue weighted by atomic mass is 10.2. The van der Waals surface area contributed by atoms with Gasteiger partial charge in [0.05, 0.1) is 19.9 Å². The zero-order valence-electron chi connectivity index (χ0n) is 13.7. The van der Waals surface area contributed by atoms with E-state index in [2.05, 4.69) is 20.2 Å². The maximum atomic E-state index is 6.30. The molecule has 4 aromatic rings. The van der Waals surface area contributed by atoms with E-state index < -0.39 is 0 Å². The van der Waals surface area contributed by atoms with Gasteiger partial charge in [-0.2, -0.15) is 10.2 Å². The molecule has 3 heterocycles. The Morgan fingerprint density at radius 1 is 1.08 bits per heavy atom. The summed E-state index contributed by atoms with van der Waals surface area (Å²) in [7, 11) is 3.49. The molecule has 0 amide bonds. The Morgan fingerprint density at radius 2 is 1.88 bits per heavy atom. The minimum atomic E-state index is 0.319. The molecule has 8 heteroatoms. The maximum absolute atomic E-state index is 6.30. The average Bonchev–Trinajstić information content (AvgIpc) is 3.22. The van der Waals surface area contributed by atoms with Crippen molar-refractivity contribution < 1.29 is 4.74 Å². The molecule has 126 valence electrons. The number of methoxy groups -OCH3 is 1. The fourth-order valence-electron chi connectivity index (χ4n) is 2.57. The summed E-state index contributed by atoms with van der Waals surface area (Å²) in [6.45, 7) is 0.607. The standard InChI is InChI=1S/C17H15ClN6O/c1-23-8-7-13(21-23)17-19-14-10-24(22-15(14)16(18)20-17)9-11-3-5-12(25-2)6-4-11/h3-8,10H,9H2,1-2H3. The van der Waals surface area contributed by atoms with Gasteiger partial charge in [-0.15, -0.1) is 0 Å². The molecule has 0 unspecified atom stereocenters. The summed E-state index contributed by atoms with van der Waals surface area (Å²) < 4.78 is 8.67. The lowest BCUT2D eigenvalue weighted by Crippen LogP contribution is -1.99. The molecule has 0 aliphatic heterocycles. The first-order chi connectivity index (χ1) is 12.1. The summed E-state index contributed by atoms with van der Waals surface area (Å²) in [6, 6.07) is 9.68. The van der Waals surface area contributed by atoms with Crippen LogP contribution in [0.4, 0.5) is 0 Å². The number of nitrogens with zero attached hydrogens (tertiary/aromatic N) is 6. The summed E-state index contributed by atoms with van der Waals surface area (Å²) in [5.74, 6) is 1.31. The molecule has 0 saturated heterocycles. The van der Waals surface area contributed by atoms with E-state index in [1.807, 2.05) is 49.8 Å². The Balaban J connectivity index is 1.68. The molecule has 0 N–H and O–H groups in total. The fraction of sp³-hybridized carbons (Fsp3) is 0.176. The van der Waals surface area contributed by atoms with Gasteiger partial charge in [0.25, 0.3) is 0 Å². The zero-order valence-corrected chi connectivity index (χ0v) is 14.5. The minimum absolute atomic E-state index is 0.319. The Labute approximate surface area is 148 Å². The number of rotatable bonds is 4. The lowest BCUT2D eigenvalue weighted by Gasteiger charge is -2.03. The van der Waals surface area contributed by atoms with E-state index in [1.54, 1.807) is 16.5 Å². The van der Waals surface area contributed by atoms with Crippen LogP contribution in [0.3, 0.4) is 0 Å². The van der Waals surface area contributed by atoms with Gasteiger partial charge in [0.1, 0.15) is 22.5 Å². The van der Waals surface area contributed by atoms with E-state index in [9.17, 15) is 0 Å². The first-order valence-electron chi connectivity index (χ1n) is 7.66. The number of hydrogen-bond acceptors (Lipinski definition) is 5. The monoisotopic (exact) mass is 354 g/mol. The first kappa shape index (κ1) is 15.6. The van der Waals surface area contributed by atoms with E-state index in [-0.39, 0.29) is 0 Å². The largest absolute Gasteiger partial charge is 0.497 e. The highest BCUT2D eigenvalue weighted by Gasteiger charge is 2.13. The van der Waals surface area contributed by atoms with E-state index in [4.69, 9.17) is 16.3 Å². The second-order valence-corrected chi connectivity index (χ2v) is 5.98. The van der Waals surface area contributed by atoms with Crippen molar-refractivity contribution in [3.63, 3.8) is 0 Å². The van der Waals surface area contributed by atoms with Crippen LogP contribution in [0.2, 0.25) is 5.15 Å². The van der Waals surface area contributed by atoms with Gasteiger partial charge in [-0.25, -0.2) is 9.97 Å². The second-order valence-electron chi connectivity index (χ2n) is 5.62. The molecule has 4 rings (SSSR count). The molecule has 0 aliphatic carbocycles. The SMILES string of the molecule is COc1ccc(Cn2cc3nc(-c4ccn(C)n4)nc(Cl)c3n2)cc1. The van der Waals surface area contributed by atoms with Crippen LogP contribution in [0.5, 0.6) is 5.75 Å². The summed E-state index contributed by atoms with van der Waals surface area (Å²) >= 11 is 6.30. The van der Waals surface area contributed by atoms with Crippen molar-refractivity contribution in [3.05, 3.63) is 53.4 Å². The van der Waals surface area contributed by atoms with E-state index in [1.165, 1.54) is 0 Å². The molecule has 0 fully saturated rings. The number of hydrogen-bond donors (Lipinski definition) is 0. The molecule has 0 saturated carbocycles. The zero-order chi connectivity index (χ0) is 17.4. The van der Waals surface area contributed by atoms with Gasteiger partial charge in [-0.1, -0.05) is 23.7 Å². The third-order valence-electron chi connectivity index (χ3n) is 3.81. The Hall–Kier alpha value is -2.93. The van der Waals surface area contributed by atoms with Gasteiger partial charge in [-0.3, -0.25) is 9.36 Å². The van der Waals surface area contributed by atoms with Gasteiger partial charge in [-0.05, 0) is 23.8 Å². The number of aryl methyl sites for hydroxylation is 1. The number of benzene rings is 1. The van der Waals surface area contributed by atoms with Gasteiger partial charge in [0.15, 0.2) is 11.0 Å². The van der Waals surface area contributed by atoms with Crippen LogP contribution in [-0.4, -0.2) is 36.6 Å². The Morgan fingerprint density at radius 3 is 2.56 bits per heavy atom. The molecular formula is C17H15ClN6O. The molecule has 0 radical (unpaired) electrons. The first-order valence-corrected chi connectivity index (χ1v) is 8.04. The molecule has 0 atom stereocenters. The van der Waals surface area contributed by atoms with Gasteiger partial charge in [0.2, 0.25) is 0 Å². The topological polar surface area (TPSA) is 70.7 Å². The highest BCUT2D eigenvalue weighted by Crippen LogP contribution is 2.23. The van der Waals surface area contributed by atoms with Crippen LogP contribution < -0.4 is 4.74 Å². The summed E-state index contributed by atoms with van der Waals surface area (Å²) in [5, 5.41) is 9.13. The van der Waals surface area contributed by atoms with Crippen LogP contribution in [0, 0.1) is 0 Å². The molecule has 25 heavy (non-hydrogen) atoms. The van der Waals surface area contributed by atoms with E-state index in [0.29, 0.717) is 34.2 Å². The quantitative estimate of drug-likeness (QED) is 0.527. The smallest absolute Gasteiger partial charge is 0.182 e. The maximum Gasteiger partial charge on any atom is 0.182 e. The van der Waals surface area contributed by atoms with Crippen molar-refractivity contribution in [2.24, 2.45) is 7.05 Å². The van der Waals surface area contributed by atoms with Crippen molar-refractivity contribution in [3.8, 4) is 17.3 Å². The average molecular weight is 355 g/mol. The molecule has 3 aromatic heterocycles. The highest BCUT2D eigenvalue weighted by atomic mass is 35.5. The number of fused-ring (bicyclic) bond motifs is 1. The van der Waals surface area contributed by atoms with Gasteiger partial charge < -0.3 is 4.74 Å². The number of halogens is 1. The molecule has 0 aliphatic rings. The fourth-order valence-corrected chi connectivity index (χ4v) is 2.79. The second kappa shape index (κ2) is 6.18. The minimum Gasteiger partial charge on any atom is -0.497 e. The van der Waals surface area contributed by atoms with Crippen molar-refractivity contribution in [2.45, 2.75) is 6.54 Å². The molecule has 7 nitrogen and oxygen atoms in total. The molecule has 0 spiro atoms. The van der Waals surface area contributed by atoms with E-state index >= 15 is 0 Å².